The van der Waals surface area contributed by atoms with Crippen molar-refractivity contribution >= 4 is 17.8 Å². The van der Waals surface area contributed by atoms with Crippen LogP contribution in [0.4, 0.5) is 18.0 Å². The Morgan fingerprint density at radius 3 is 2.34 bits per heavy atom. The maximum absolute atomic E-state index is 13.8. The predicted octanol–water partition coefficient (Wildman–Crippen LogP) is 3.09. The summed E-state index contributed by atoms with van der Waals surface area (Å²) >= 11 is 0. The highest BCUT2D eigenvalue weighted by Crippen LogP contribution is 2.41. The molecule has 2 aliphatic rings. The molecule has 0 bridgehead atoms. The lowest BCUT2D eigenvalue weighted by Gasteiger charge is -2.32. The largest absolute Gasteiger partial charge is 0.416 e. The first-order valence-corrected chi connectivity index (χ1v) is 12.2. The smallest absolute Gasteiger partial charge is 0.336 e. The number of likely N-dealkylation sites (N-methyl/N-ethyl adjacent to an activating group) is 2. The summed E-state index contributed by atoms with van der Waals surface area (Å²) < 4.78 is 41.3. The zero-order valence-corrected chi connectivity index (χ0v) is 21.5. The minimum absolute atomic E-state index is 0.0412. The molecule has 4 rings (SSSR count). The van der Waals surface area contributed by atoms with Gasteiger partial charge >= 0.3 is 12.2 Å². The summed E-state index contributed by atoms with van der Waals surface area (Å²) in [5.41, 5.74) is 0.118. The highest BCUT2D eigenvalue weighted by Gasteiger charge is 2.46. The normalized spacial score (nSPS) is 17.7. The van der Waals surface area contributed by atoms with E-state index in [1.165, 1.54) is 35.0 Å². The van der Waals surface area contributed by atoms with Crippen molar-refractivity contribution in [2.75, 3.05) is 47.3 Å². The Bertz CT molecular complexity index is 1250. The molecule has 38 heavy (non-hydrogen) atoms. The van der Waals surface area contributed by atoms with Crippen molar-refractivity contribution in [3.63, 3.8) is 0 Å². The molecule has 2 aliphatic heterocycles. The van der Waals surface area contributed by atoms with Crippen LogP contribution in [0.3, 0.4) is 0 Å². The number of benzene rings is 2. The fourth-order valence-corrected chi connectivity index (χ4v) is 4.67. The first-order chi connectivity index (χ1) is 18.0. The van der Waals surface area contributed by atoms with Crippen LogP contribution in [0.1, 0.15) is 22.7 Å². The topological polar surface area (TPSA) is 76.2 Å². The molecule has 8 nitrogen and oxygen atoms in total. The molecule has 0 saturated heterocycles. The number of nitrogens with one attached hydrogen (secondary N) is 1. The number of nitrogens with zero attached hydrogens (tertiary/aromatic N) is 4. The zero-order chi connectivity index (χ0) is 27.6. The van der Waals surface area contributed by atoms with Crippen molar-refractivity contribution in [3.05, 3.63) is 82.6 Å². The Morgan fingerprint density at radius 2 is 1.68 bits per heavy atom. The second-order valence-corrected chi connectivity index (χ2v) is 9.65. The molecule has 0 aromatic heterocycles. The Kier molecular flexibility index (Phi) is 7.77. The third kappa shape index (κ3) is 5.67. The molecule has 11 heteroatoms. The van der Waals surface area contributed by atoms with E-state index >= 15 is 0 Å². The quantitative estimate of drug-likeness (QED) is 0.571. The van der Waals surface area contributed by atoms with Crippen LogP contribution in [0.15, 0.2) is 65.9 Å². The van der Waals surface area contributed by atoms with Gasteiger partial charge in [0, 0.05) is 26.7 Å². The summed E-state index contributed by atoms with van der Waals surface area (Å²) in [6.07, 6.45) is -4.67. The van der Waals surface area contributed by atoms with Crippen molar-refractivity contribution < 1.29 is 27.6 Å². The molecule has 0 radical (unpaired) electrons. The van der Waals surface area contributed by atoms with Gasteiger partial charge in [-0.1, -0.05) is 48.5 Å². The van der Waals surface area contributed by atoms with Crippen LogP contribution in [0.2, 0.25) is 0 Å². The van der Waals surface area contributed by atoms with Crippen molar-refractivity contribution in [1.82, 2.24) is 24.9 Å². The molecular weight excluding hydrogens is 499 g/mol. The first-order valence-electron chi connectivity index (χ1n) is 12.2. The van der Waals surface area contributed by atoms with Crippen molar-refractivity contribution in [2.24, 2.45) is 0 Å². The Morgan fingerprint density at radius 1 is 1.03 bits per heavy atom. The van der Waals surface area contributed by atoms with Crippen molar-refractivity contribution in [1.29, 1.82) is 0 Å². The van der Waals surface area contributed by atoms with Gasteiger partial charge in [-0.05, 0) is 31.3 Å². The number of rotatable bonds is 8. The molecule has 2 aromatic rings. The third-order valence-corrected chi connectivity index (χ3v) is 6.72. The average Bonchev–Trinajstić information content (AvgIpc) is 3.20. The predicted molar refractivity (Wildman–Crippen MR) is 134 cm³/mol. The number of alkyl halides is 3. The van der Waals surface area contributed by atoms with E-state index in [0.29, 0.717) is 19.6 Å². The van der Waals surface area contributed by atoms with E-state index in [4.69, 9.17) is 0 Å². The molecule has 1 unspecified atom stereocenters. The van der Waals surface area contributed by atoms with Gasteiger partial charge < -0.3 is 20.0 Å². The van der Waals surface area contributed by atoms with E-state index in [1.807, 2.05) is 49.3 Å². The summed E-state index contributed by atoms with van der Waals surface area (Å²) in [6, 6.07) is 12.4. The van der Waals surface area contributed by atoms with Gasteiger partial charge in [0.1, 0.15) is 6.54 Å². The van der Waals surface area contributed by atoms with Gasteiger partial charge in [-0.2, -0.15) is 13.2 Å². The van der Waals surface area contributed by atoms with Crippen LogP contribution >= 0.6 is 0 Å². The molecule has 4 amide bonds. The SMILES string of the molecule is CN(C)CCN(Cc1ccccc1)C(=O)CN1CC2=C(C1=O)C(c1ccccc1C(F)(F)F)NC(=O)N2C. The molecule has 1 atom stereocenters. The van der Waals surface area contributed by atoms with Gasteiger partial charge in [0.05, 0.1) is 29.4 Å². The van der Waals surface area contributed by atoms with Gasteiger partial charge in [-0.3, -0.25) is 14.5 Å². The number of hydrogen-bond acceptors (Lipinski definition) is 4. The Balaban J connectivity index is 1.59. The zero-order valence-electron chi connectivity index (χ0n) is 21.5. The van der Waals surface area contributed by atoms with Crippen LogP contribution in [0.5, 0.6) is 0 Å². The third-order valence-electron chi connectivity index (χ3n) is 6.72. The summed E-state index contributed by atoms with van der Waals surface area (Å²) in [7, 11) is 5.24. The number of carbonyl (C=O) groups is 3. The lowest BCUT2D eigenvalue weighted by atomic mass is 9.92. The number of urea groups is 1. The van der Waals surface area contributed by atoms with E-state index in [1.54, 1.807) is 4.90 Å². The van der Waals surface area contributed by atoms with E-state index in [-0.39, 0.29) is 35.8 Å². The van der Waals surface area contributed by atoms with Crippen LogP contribution in [-0.2, 0) is 22.3 Å². The molecule has 1 N–H and O–H groups in total. The highest BCUT2D eigenvalue weighted by atomic mass is 19.4. The maximum Gasteiger partial charge on any atom is 0.416 e. The number of carbonyl (C=O) groups excluding carboxylic acids is 3. The van der Waals surface area contributed by atoms with E-state index in [0.717, 1.165) is 11.6 Å². The van der Waals surface area contributed by atoms with Gasteiger partial charge in [0.25, 0.3) is 5.91 Å². The van der Waals surface area contributed by atoms with Crippen molar-refractivity contribution in [2.45, 2.75) is 18.8 Å². The molecule has 2 heterocycles. The van der Waals surface area contributed by atoms with Crippen LogP contribution < -0.4 is 5.32 Å². The molecule has 202 valence electrons. The second kappa shape index (κ2) is 10.9. The van der Waals surface area contributed by atoms with Gasteiger partial charge in [-0.25, -0.2) is 4.79 Å². The second-order valence-electron chi connectivity index (χ2n) is 9.65. The molecule has 2 aromatic carbocycles. The van der Waals surface area contributed by atoms with Gasteiger partial charge in [-0.15, -0.1) is 0 Å². The summed E-state index contributed by atoms with van der Waals surface area (Å²) in [5.74, 6) is -0.868. The minimum Gasteiger partial charge on any atom is -0.336 e. The highest BCUT2D eigenvalue weighted by molar-refractivity contribution is 6.03. The summed E-state index contributed by atoms with van der Waals surface area (Å²) in [6.45, 7) is 1.07. The molecule has 0 fully saturated rings. The Labute approximate surface area is 219 Å². The lowest BCUT2D eigenvalue weighted by molar-refractivity contribution is -0.138. The Hall–Kier alpha value is -3.86. The maximum atomic E-state index is 13.8. The first kappa shape index (κ1) is 27.2. The average molecular weight is 530 g/mol. The van der Waals surface area contributed by atoms with Crippen LogP contribution in [0.25, 0.3) is 0 Å². The number of amides is 4. The van der Waals surface area contributed by atoms with E-state index < -0.39 is 29.7 Å². The molecular formula is C27H30F3N5O3. The van der Waals surface area contributed by atoms with Crippen LogP contribution in [0, 0.1) is 0 Å². The van der Waals surface area contributed by atoms with Crippen LogP contribution in [-0.4, -0.2) is 84.8 Å². The molecule has 0 spiro atoms. The number of halogens is 3. The summed E-state index contributed by atoms with van der Waals surface area (Å²) in [4.78, 5) is 45.7. The lowest BCUT2D eigenvalue weighted by Crippen LogP contribution is -2.45. The van der Waals surface area contributed by atoms with Gasteiger partial charge in [0.2, 0.25) is 5.91 Å². The fraction of sp³-hybridized carbons (Fsp3) is 0.370. The molecule has 0 saturated carbocycles. The van der Waals surface area contributed by atoms with Gasteiger partial charge in [0.15, 0.2) is 0 Å². The standard InChI is InChI=1S/C27H30F3N5O3/c1-32(2)13-14-34(15-18-9-5-4-6-10-18)22(36)17-35-16-21-23(25(35)37)24(31-26(38)33(21)3)19-11-7-8-12-20(19)27(28,29)30/h4-12,24H,13-17H2,1-3H3,(H,31,38). The number of hydrogen-bond donors (Lipinski definition) is 1. The minimum atomic E-state index is -4.67. The van der Waals surface area contributed by atoms with E-state index in [2.05, 4.69) is 5.32 Å². The fourth-order valence-electron chi connectivity index (χ4n) is 4.67. The molecule has 0 aliphatic carbocycles. The van der Waals surface area contributed by atoms with E-state index in [9.17, 15) is 27.6 Å². The monoisotopic (exact) mass is 529 g/mol. The summed E-state index contributed by atoms with van der Waals surface area (Å²) in [5, 5.41) is 2.54. The van der Waals surface area contributed by atoms with Crippen molar-refractivity contribution in [3.8, 4) is 0 Å².